The normalized spacial score (nSPS) is 21.3. The molecule has 142 valence electrons. The molecular weight excluding hydrogens is 373 g/mol. The van der Waals surface area contributed by atoms with Crippen LogP contribution >= 0.6 is 23.2 Å². The van der Waals surface area contributed by atoms with Crippen molar-refractivity contribution in [1.29, 1.82) is 0 Å². The molecule has 2 heterocycles. The topological polar surface area (TPSA) is 52.7 Å². The Morgan fingerprint density at radius 2 is 1.73 bits per heavy atom. The third-order valence-corrected chi connectivity index (χ3v) is 5.76. The Morgan fingerprint density at radius 1 is 1.08 bits per heavy atom. The predicted octanol–water partition coefficient (Wildman–Crippen LogP) is 3.06. The van der Waals surface area contributed by atoms with E-state index in [0.29, 0.717) is 28.1 Å². The molecule has 1 atom stereocenters. The lowest BCUT2D eigenvalue weighted by molar-refractivity contribution is -0.136. The van der Waals surface area contributed by atoms with Gasteiger partial charge in [0.25, 0.3) is 5.91 Å². The molecule has 26 heavy (non-hydrogen) atoms. The van der Waals surface area contributed by atoms with Crippen molar-refractivity contribution in [3.8, 4) is 0 Å². The smallest absolute Gasteiger partial charge is 0.254 e. The Labute approximate surface area is 164 Å². The zero-order chi connectivity index (χ0) is 18.7. The van der Waals surface area contributed by atoms with E-state index in [-0.39, 0.29) is 17.9 Å². The van der Waals surface area contributed by atoms with Gasteiger partial charge < -0.3 is 15.1 Å². The molecule has 1 aromatic carbocycles. The summed E-state index contributed by atoms with van der Waals surface area (Å²) in [6, 6.07) is 4.45. The molecule has 1 aromatic rings. The Bertz CT molecular complexity index is 654. The number of rotatable bonds is 4. The molecule has 2 amide bonds. The number of nitrogens with zero attached hydrogens (tertiary/aromatic N) is 2. The fraction of sp³-hybridized carbons (Fsp3) is 0.579. The van der Waals surface area contributed by atoms with Gasteiger partial charge in [0.05, 0.1) is 0 Å². The van der Waals surface area contributed by atoms with E-state index in [2.05, 4.69) is 5.32 Å². The van der Waals surface area contributed by atoms with Crippen molar-refractivity contribution in [1.82, 2.24) is 15.1 Å². The summed E-state index contributed by atoms with van der Waals surface area (Å²) >= 11 is 12.1. The summed E-state index contributed by atoms with van der Waals surface area (Å²) in [5.41, 5.74) is 0.440. The van der Waals surface area contributed by atoms with Crippen molar-refractivity contribution in [3.63, 3.8) is 0 Å². The summed E-state index contributed by atoms with van der Waals surface area (Å²) in [5.74, 6) is 0.529. The molecule has 3 rings (SSSR count). The van der Waals surface area contributed by atoms with Gasteiger partial charge in [-0.25, -0.2) is 0 Å². The maximum absolute atomic E-state index is 13.0. The lowest BCUT2D eigenvalue weighted by Crippen LogP contribution is -2.50. The average Bonchev–Trinajstić information content (AvgIpc) is 3.10. The second-order valence-electron chi connectivity index (χ2n) is 7.14. The van der Waals surface area contributed by atoms with E-state index in [1.165, 1.54) is 0 Å². The van der Waals surface area contributed by atoms with Gasteiger partial charge in [-0.15, -0.1) is 0 Å². The molecule has 0 saturated carbocycles. The number of carbonyl (C=O) groups is 2. The second kappa shape index (κ2) is 8.59. The number of halogens is 2. The number of carbonyl (C=O) groups excluding carboxylic acids is 2. The quantitative estimate of drug-likeness (QED) is 0.848. The van der Waals surface area contributed by atoms with Crippen LogP contribution < -0.4 is 5.32 Å². The molecule has 1 unspecified atom stereocenters. The fourth-order valence-corrected chi connectivity index (χ4v) is 4.49. The molecule has 0 aromatic heterocycles. The van der Waals surface area contributed by atoms with E-state index in [4.69, 9.17) is 23.2 Å². The van der Waals surface area contributed by atoms with Gasteiger partial charge in [0.15, 0.2) is 0 Å². The first-order valence-corrected chi connectivity index (χ1v) is 9.95. The third-order valence-electron chi connectivity index (χ3n) is 5.33. The Morgan fingerprint density at radius 3 is 2.35 bits per heavy atom. The Hall–Kier alpha value is -1.30. The first-order chi connectivity index (χ1) is 12.5. The molecular formula is C19H25Cl2N3O2. The first kappa shape index (κ1) is 19.5. The van der Waals surface area contributed by atoms with Crippen LogP contribution in [0.15, 0.2) is 18.2 Å². The van der Waals surface area contributed by atoms with E-state index >= 15 is 0 Å². The standard InChI is InChI=1S/C19H25Cl2N3O2/c1-22-12-13-4-7-23(8-5-13)19(26)17-3-2-6-24(17)18(25)14-9-15(20)11-16(21)10-14/h9-11,13,17,22H,2-8,12H2,1H3. The van der Waals surface area contributed by atoms with E-state index in [0.717, 1.165) is 45.3 Å². The van der Waals surface area contributed by atoms with Gasteiger partial charge in [-0.2, -0.15) is 0 Å². The van der Waals surface area contributed by atoms with Gasteiger partial charge in [0, 0.05) is 35.2 Å². The largest absolute Gasteiger partial charge is 0.341 e. The van der Waals surface area contributed by atoms with Crippen molar-refractivity contribution in [2.45, 2.75) is 31.7 Å². The second-order valence-corrected chi connectivity index (χ2v) is 8.01. The fourth-order valence-electron chi connectivity index (χ4n) is 3.97. The van der Waals surface area contributed by atoms with Crippen molar-refractivity contribution in [3.05, 3.63) is 33.8 Å². The van der Waals surface area contributed by atoms with Crippen molar-refractivity contribution < 1.29 is 9.59 Å². The number of piperidine rings is 1. The van der Waals surface area contributed by atoms with E-state index < -0.39 is 0 Å². The van der Waals surface area contributed by atoms with Crippen molar-refractivity contribution >= 4 is 35.0 Å². The van der Waals surface area contributed by atoms with Gasteiger partial charge in [0.1, 0.15) is 6.04 Å². The maximum Gasteiger partial charge on any atom is 0.254 e. The molecule has 7 heteroatoms. The minimum atomic E-state index is -0.374. The summed E-state index contributed by atoms with van der Waals surface area (Å²) < 4.78 is 0. The SMILES string of the molecule is CNCC1CCN(C(=O)C2CCCN2C(=O)c2cc(Cl)cc(Cl)c2)CC1. The number of benzene rings is 1. The minimum absolute atomic E-state index is 0.0758. The van der Waals surface area contributed by atoms with Crippen LogP contribution in [0.25, 0.3) is 0 Å². The molecule has 5 nitrogen and oxygen atoms in total. The lowest BCUT2D eigenvalue weighted by atomic mass is 9.96. The minimum Gasteiger partial charge on any atom is -0.341 e. The summed E-state index contributed by atoms with van der Waals surface area (Å²) in [6.07, 6.45) is 3.58. The van der Waals surface area contributed by atoms with Gasteiger partial charge in [-0.1, -0.05) is 23.2 Å². The van der Waals surface area contributed by atoms with E-state index in [9.17, 15) is 9.59 Å². The molecule has 1 N–H and O–H groups in total. The molecule has 2 fully saturated rings. The molecule has 2 saturated heterocycles. The van der Waals surface area contributed by atoms with Gasteiger partial charge in [-0.3, -0.25) is 9.59 Å². The molecule has 0 spiro atoms. The zero-order valence-electron chi connectivity index (χ0n) is 15.0. The van der Waals surface area contributed by atoms with Crippen LogP contribution in [0.1, 0.15) is 36.0 Å². The third kappa shape index (κ3) is 4.33. The van der Waals surface area contributed by atoms with Gasteiger partial charge >= 0.3 is 0 Å². The van der Waals surface area contributed by atoms with Crippen LogP contribution in [-0.4, -0.2) is 60.9 Å². The van der Waals surface area contributed by atoms with Gasteiger partial charge in [-0.05, 0) is 63.4 Å². The summed E-state index contributed by atoms with van der Waals surface area (Å²) in [6.45, 7) is 3.13. The van der Waals surface area contributed by atoms with Crippen LogP contribution in [0, 0.1) is 5.92 Å². The number of hydrogen-bond donors (Lipinski definition) is 1. The number of hydrogen-bond acceptors (Lipinski definition) is 3. The lowest BCUT2D eigenvalue weighted by Gasteiger charge is -2.35. The van der Waals surface area contributed by atoms with Crippen LogP contribution in [0.4, 0.5) is 0 Å². The predicted molar refractivity (Wildman–Crippen MR) is 104 cm³/mol. The van der Waals surface area contributed by atoms with Crippen LogP contribution in [0.3, 0.4) is 0 Å². The van der Waals surface area contributed by atoms with Gasteiger partial charge in [0.2, 0.25) is 5.91 Å². The summed E-state index contributed by atoms with van der Waals surface area (Å²) in [4.78, 5) is 29.5. The average molecular weight is 398 g/mol. The molecule has 2 aliphatic rings. The maximum atomic E-state index is 13.0. The summed E-state index contributed by atoms with van der Waals surface area (Å²) in [5, 5.41) is 4.06. The highest BCUT2D eigenvalue weighted by atomic mass is 35.5. The zero-order valence-corrected chi connectivity index (χ0v) is 16.5. The highest BCUT2D eigenvalue weighted by Gasteiger charge is 2.37. The summed E-state index contributed by atoms with van der Waals surface area (Å²) in [7, 11) is 1.96. The van der Waals surface area contributed by atoms with Crippen molar-refractivity contribution in [2.75, 3.05) is 33.2 Å². The molecule has 0 radical (unpaired) electrons. The van der Waals surface area contributed by atoms with Crippen molar-refractivity contribution in [2.24, 2.45) is 5.92 Å². The number of likely N-dealkylation sites (tertiary alicyclic amines) is 2. The van der Waals surface area contributed by atoms with E-state index in [1.807, 2.05) is 11.9 Å². The first-order valence-electron chi connectivity index (χ1n) is 9.20. The highest BCUT2D eigenvalue weighted by Crippen LogP contribution is 2.26. The Kier molecular flexibility index (Phi) is 6.43. The van der Waals surface area contributed by atoms with Crippen LogP contribution in [-0.2, 0) is 4.79 Å². The molecule has 0 aliphatic carbocycles. The van der Waals surface area contributed by atoms with Crippen LogP contribution in [0.2, 0.25) is 10.0 Å². The molecule has 0 bridgehead atoms. The highest BCUT2D eigenvalue weighted by molar-refractivity contribution is 6.35. The van der Waals surface area contributed by atoms with Crippen LogP contribution in [0.5, 0.6) is 0 Å². The van der Waals surface area contributed by atoms with E-state index in [1.54, 1.807) is 23.1 Å². The monoisotopic (exact) mass is 397 g/mol. The molecule has 2 aliphatic heterocycles. The Balaban J connectivity index is 1.68. The number of amides is 2. The number of nitrogens with one attached hydrogen (secondary N) is 1.